The largest absolute Gasteiger partial charge is 0.368 e. The minimum Gasteiger partial charge on any atom is -0.368 e. The van der Waals surface area contributed by atoms with Crippen LogP contribution in [0.25, 0.3) is 0 Å². The molecule has 2 amide bonds. The van der Waals surface area contributed by atoms with Crippen molar-refractivity contribution >= 4 is 11.8 Å². The first-order valence-electron chi connectivity index (χ1n) is 4.42. The van der Waals surface area contributed by atoms with Crippen LogP contribution in [0.3, 0.4) is 0 Å². The van der Waals surface area contributed by atoms with Crippen molar-refractivity contribution in [3.8, 4) is 0 Å². The van der Waals surface area contributed by atoms with Gasteiger partial charge in [0.05, 0.1) is 6.54 Å². The molecule has 0 aliphatic heterocycles. The summed E-state index contributed by atoms with van der Waals surface area (Å²) in [6.45, 7) is 0.582. The molecule has 5 heteroatoms. The molecule has 0 unspecified atom stereocenters. The second-order valence-corrected chi connectivity index (χ2v) is 2.84. The molecule has 5 N–H and O–H groups in total. The Kier molecular flexibility index (Phi) is 6.91. The van der Waals surface area contributed by atoms with E-state index in [1.54, 1.807) is 0 Å². The summed E-state index contributed by atoms with van der Waals surface area (Å²) in [5.74, 6) is -0.647. The first-order valence-corrected chi connectivity index (χ1v) is 4.42. The summed E-state index contributed by atoms with van der Waals surface area (Å²) in [6, 6.07) is 0. The lowest BCUT2D eigenvalue weighted by Crippen LogP contribution is -2.33. The Morgan fingerprint density at radius 3 is 2.38 bits per heavy atom. The molecule has 13 heavy (non-hydrogen) atoms. The normalized spacial score (nSPS) is 9.62. The Morgan fingerprint density at radius 2 is 1.85 bits per heavy atom. The molecule has 0 aromatic carbocycles. The maximum absolute atomic E-state index is 11.0. The predicted octanol–water partition coefficient (Wildman–Crippen LogP) is -0.893. The molecular weight excluding hydrogens is 170 g/mol. The van der Waals surface area contributed by atoms with Crippen LogP contribution in [0.1, 0.15) is 25.7 Å². The Balaban J connectivity index is 3.25. The Morgan fingerprint density at radius 1 is 1.15 bits per heavy atom. The van der Waals surface area contributed by atoms with Gasteiger partial charge in [0.2, 0.25) is 11.8 Å². The summed E-state index contributed by atoms with van der Waals surface area (Å²) in [5.41, 5.74) is 10.1. The van der Waals surface area contributed by atoms with Gasteiger partial charge in [-0.15, -0.1) is 0 Å². The van der Waals surface area contributed by atoms with Crippen molar-refractivity contribution in [2.45, 2.75) is 25.7 Å². The summed E-state index contributed by atoms with van der Waals surface area (Å²) in [7, 11) is 0. The van der Waals surface area contributed by atoms with Gasteiger partial charge in [-0.2, -0.15) is 0 Å². The SMILES string of the molecule is NCCCCCC(=O)NCC(N)=O. The number of hydrogen-bond donors (Lipinski definition) is 3. The Labute approximate surface area is 77.8 Å². The van der Waals surface area contributed by atoms with Crippen molar-refractivity contribution in [2.24, 2.45) is 11.5 Å². The fourth-order valence-corrected chi connectivity index (χ4v) is 0.881. The minimum atomic E-state index is -0.518. The molecule has 0 aromatic heterocycles. The number of carbonyl (C=O) groups excluding carboxylic acids is 2. The molecular formula is C8H17N3O2. The zero-order valence-electron chi connectivity index (χ0n) is 7.71. The zero-order valence-corrected chi connectivity index (χ0v) is 7.71. The quantitative estimate of drug-likeness (QED) is 0.451. The second-order valence-electron chi connectivity index (χ2n) is 2.84. The van der Waals surface area contributed by atoms with E-state index in [1.807, 2.05) is 0 Å². The summed E-state index contributed by atoms with van der Waals surface area (Å²) in [5, 5.41) is 2.41. The van der Waals surface area contributed by atoms with Gasteiger partial charge in [-0.1, -0.05) is 6.42 Å². The van der Waals surface area contributed by atoms with Gasteiger partial charge >= 0.3 is 0 Å². The molecule has 0 rings (SSSR count). The molecule has 0 radical (unpaired) electrons. The molecule has 0 saturated carbocycles. The highest BCUT2D eigenvalue weighted by Crippen LogP contribution is 1.97. The molecule has 0 fully saturated rings. The highest BCUT2D eigenvalue weighted by molar-refractivity contribution is 5.83. The van der Waals surface area contributed by atoms with E-state index in [-0.39, 0.29) is 12.5 Å². The van der Waals surface area contributed by atoms with E-state index in [2.05, 4.69) is 5.32 Å². The topological polar surface area (TPSA) is 98.2 Å². The maximum Gasteiger partial charge on any atom is 0.236 e. The molecule has 0 heterocycles. The third-order valence-corrected chi connectivity index (χ3v) is 1.57. The van der Waals surface area contributed by atoms with Gasteiger partial charge in [0.25, 0.3) is 0 Å². The predicted molar refractivity (Wildman–Crippen MR) is 49.7 cm³/mol. The number of unbranched alkanes of at least 4 members (excludes halogenated alkanes) is 2. The van der Waals surface area contributed by atoms with E-state index in [9.17, 15) is 9.59 Å². The average molecular weight is 187 g/mol. The van der Waals surface area contributed by atoms with E-state index in [1.165, 1.54) is 0 Å². The lowest BCUT2D eigenvalue weighted by atomic mass is 10.2. The molecule has 0 aliphatic rings. The molecule has 0 bridgehead atoms. The zero-order chi connectivity index (χ0) is 10.1. The minimum absolute atomic E-state index is 0.0737. The molecule has 76 valence electrons. The van der Waals surface area contributed by atoms with Gasteiger partial charge in [-0.25, -0.2) is 0 Å². The van der Waals surface area contributed by atoms with E-state index in [4.69, 9.17) is 11.5 Å². The van der Waals surface area contributed by atoms with Crippen LogP contribution in [0.2, 0.25) is 0 Å². The van der Waals surface area contributed by atoms with Crippen molar-refractivity contribution in [2.75, 3.05) is 13.1 Å². The van der Waals surface area contributed by atoms with Gasteiger partial charge in [0, 0.05) is 6.42 Å². The van der Waals surface area contributed by atoms with Crippen molar-refractivity contribution in [3.05, 3.63) is 0 Å². The fraction of sp³-hybridized carbons (Fsp3) is 0.750. The highest BCUT2D eigenvalue weighted by atomic mass is 16.2. The van der Waals surface area contributed by atoms with Crippen molar-refractivity contribution < 1.29 is 9.59 Å². The third-order valence-electron chi connectivity index (χ3n) is 1.57. The van der Waals surface area contributed by atoms with E-state index < -0.39 is 5.91 Å². The van der Waals surface area contributed by atoms with Crippen LogP contribution in [0.15, 0.2) is 0 Å². The molecule has 0 aromatic rings. The van der Waals surface area contributed by atoms with Crippen LogP contribution in [0, 0.1) is 0 Å². The van der Waals surface area contributed by atoms with Crippen LogP contribution in [0.5, 0.6) is 0 Å². The fourth-order valence-electron chi connectivity index (χ4n) is 0.881. The number of nitrogens with one attached hydrogen (secondary N) is 1. The van der Waals surface area contributed by atoms with Crippen LogP contribution in [-0.4, -0.2) is 24.9 Å². The highest BCUT2D eigenvalue weighted by Gasteiger charge is 2.01. The number of carbonyl (C=O) groups is 2. The van der Waals surface area contributed by atoms with E-state index >= 15 is 0 Å². The first-order chi connectivity index (χ1) is 6.16. The van der Waals surface area contributed by atoms with Crippen molar-refractivity contribution in [1.29, 1.82) is 0 Å². The lowest BCUT2D eigenvalue weighted by molar-refractivity contribution is -0.124. The van der Waals surface area contributed by atoms with Crippen LogP contribution < -0.4 is 16.8 Å². The van der Waals surface area contributed by atoms with E-state index in [0.29, 0.717) is 13.0 Å². The summed E-state index contributed by atoms with van der Waals surface area (Å²) >= 11 is 0. The molecule has 0 saturated heterocycles. The molecule has 5 nitrogen and oxygen atoms in total. The average Bonchev–Trinajstić information content (AvgIpc) is 2.09. The summed E-state index contributed by atoms with van der Waals surface area (Å²) < 4.78 is 0. The maximum atomic E-state index is 11.0. The first kappa shape index (κ1) is 11.9. The summed E-state index contributed by atoms with van der Waals surface area (Å²) in [4.78, 5) is 21.2. The smallest absolute Gasteiger partial charge is 0.236 e. The summed E-state index contributed by atoms with van der Waals surface area (Å²) in [6.07, 6.45) is 3.12. The van der Waals surface area contributed by atoms with Crippen molar-refractivity contribution in [1.82, 2.24) is 5.32 Å². The third kappa shape index (κ3) is 8.81. The molecule has 0 aliphatic carbocycles. The molecule has 0 atom stereocenters. The number of amides is 2. The lowest BCUT2D eigenvalue weighted by Gasteiger charge is -2.01. The second kappa shape index (κ2) is 7.54. The standard InChI is InChI=1S/C8H17N3O2/c9-5-3-1-2-4-8(13)11-6-7(10)12/h1-6,9H2,(H2,10,12)(H,11,13). The molecule has 0 spiro atoms. The van der Waals surface area contributed by atoms with Crippen LogP contribution >= 0.6 is 0 Å². The van der Waals surface area contributed by atoms with Gasteiger partial charge < -0.3 is 16.8 Å². The number of rotatable bonds is 7. The monoisotopic (exact) mass is 187 g/mol. The van der Waals surface area contributed by atoms with Gasteiger partial charge in [-0.05, 0) is 19.4 Å². The Hall–Kier alpha value is -1.10. The van der Waals surface area contributed by atoms with Crippen molar-refractivity contribution in [3.63, 3.8) is 0 Å². The van der Waals surface area contributed by atoms with Gasteiger partial charge in [0.1, 0.15) is 0 Å². The van der Waals surface area contributed by atoms with Crippen LogP contribution in [0.4, 0.5) is 0 Å². The van der Waals surface area contributed by atoms with Crippen LogP contribution in [-0.2, 0) is 9.59 Å². The Bertz CT molecular complexity index is 171. The number of primary amides is 1. The number of nitrogens with two attached hydrogens (primary N) is 2. The number of hydrogen-bond acceptors (Lipinski definition) is 3. The van der Waals surface area contributed by atoms with E-state index in [0.717, 1.165) is 19.3 Å². The van der Waals surface area contributed by atoms with Gasteiger partial charge in [0.15, 0.2) is 0 Å². The van der Waals surface area contributed by atoms with Gasteiger partial charge in [-0.3, -0.25) is 9.59 Å².